The smallest absolute Gasteiger partial charge is 0.258 e. The molecule has 1 aliphatic heterocycles. The van der Waals surface area contributed by atoms with E-state index in [2.05, 4.69) is 20.4 Å². The number of aromatic nitrogens is 5. The first-order chi connectivity index (χ1) is 15.8. The minimum absolute atomic E-state index is 0.283. The summed E-state index contributed by atoms with van der Waals surface area (Å²) in [7, 11) is 3.45. The summed E-state index contributed by atoms with van der Waals surface area (Å²) in [6.45, 7) is 0.524. The van der Waals surface area contributed by atoms with Crippen LogP contribution >= 0.6 is 22.9 Å². The normalized spacial score (nSPS) is 18.2. The number of rotatable bonds is 5. The number of likely N-dealkylation sites (tertiary alicyclic amines) is 1. The van der Waals surface area contributed by atoms with E-state index in [0.717, 1.165) is 10.6 Å². The number of carbonyl (C=O) groups is 1. The van der Waals surface area contributed by atoms with E-state index >= 15 is 0 Å². The zero-order valence-corrected chi connectivity index (χ0v) is 19.4. The van der Waals surface area contributed by atoms with Crippen molar-refractivity contribution in [3.63, 3.8) is 0 Å². The van der Waals surface area contributed by atoms with E-state index in [1.165, 1.54) is 11.3 Å². The monoisotopic (exact) mass is 481 g/mol. The fourth-order valence-corrected chi connectivity index (χ4v) is 4.69. The molecule has 0 aliphatic carbocycles. The SMILES string of the molecule is CN1CCC(O)(c2cccc(-c3nc(-c4ccnc(Nc5cc(Cl)n(C)n5)n4)cs3)c2)C1=O. The lowest BCUT2D eigenvalue weighted by atomic mass is 9.91. The van der Waals surface area contributed by atoms with Crippen LogP contribution in [0.15, 0.2) is 48.0 Å². The minimum atomic E-state index is -1.49. The molecule has 0 radical (unpaired) electrons. The molecule has 0 bridgehead atoms. The van der Waals surface area contributed by atoms with Crippen molar-refractivity contribution in [3.8, 4) is 22.0 Å². The highest BCUT2D eigenvalue weighted by atomic mass is 35.5. The number of benzene rings is 1. The highest BCUT2D eigenvalue weighted by Gasteiger charge is 2.45. The molecule has 3 aromatic heterocycles. The van der Waals surface area contributed by atoms with E-state index in [9.17, 15) is 9.90 Å². The zero-order chi connectivity index (χ0) is 23.2. The van der Waals surface area contributed by atoms with Crippen molar-refractivity contribution in [1.82, 2.24) is 29.6 Å². The van der Waals surface area contributed by atoms with E-state index in [-0.39, 0.29) is 5.91 Å². The van der Waals surface area contributed by atoms with Gasteiger partial charge in [-0.25, -0.2) is 15.0 Å². The third-order valence-electron chi connectivity index (χ3n) is 5.58. The lowest BCUT2D eigenvalue weighted by Gasteiger charge is -2.21. The summed E-state index contributed by atoms with van der Waals surface area (Å²) in [6, 6.07) is 10.8. The molecule has 0 spiro atoms. The molecule has 1 aromatic carbocycles. The van der Waals surface area contributed by atoms with Crippen LogP contribution in [0, 0.1) is 0 Å². The Bertz CT molecular complexity index is 1330. The van der Waals surface area contributed by atoms with Gasteiger partial charge in [0.1, 0.15) is 15.9 Å². The third kappa shape index (κ3) is 3.97. The Morgan fingerprint density at radius 1 is 1.18 bits per heavy atom. The van der Waals surface area contributed by atoms with Crippen molar-refractivity contribution in [2.24, 2.45) is 7.05 Å². The van der Waals surface area contributed by atoms with Gasteiger partial charge in [-0.2, -0.15) is 5.10 Å². The van der Waals surface area contributed by atoms with E-state index < -0.39 is 5.60 Å². The van der Waals surface area contributed by atoms with Crippen molar-refractivity contribution in [2.75, 3.05) is 18.9 Å². The van der Waals surface area contributed by atoms with E-state index in [0.29, 0.717) is 46.8 Å². The van der Waals surface area contributed by atoms with Gasteiger partial charge in [-0.1, -0.05) is 29.8 Å². The number of nitrogens with zero attached hydrogens (tertiary/aromatic N) is 6. The maximum atomic E-state index is 12.5. The second-order valence-corrected chi connectivity index (χ2v) is 9.07. The standard InChI is InChI=1S/C22H20ClN7O2S/c1-29-9-7-22(32,20(29)31)14-5-3-4-13(10-14)19-25-16(12-33-19)15-6-8-24-21(26-15)27-18-11-17(23)30(2)28-18/h3-6,8,10-12,32H,7,9H2,1-2H3,(H,24,26,27,28). The van der Waals surface area contributed by atoms with Gasteiger partial charge in [0.05, 0.1) is 5.69 Å². The van der Waals surface area contributed by atoms with Crippen LogP contribution in [0.4, 0.5) is 11.8 Å². The number of thiazole rings is 1. The largest absolute Gasteiger partial charge is 0.375 e. The summed E-state index contributed by atoms with van der Waals surface area (Å²) in [4.78, 5) is 27.5. The van der Waals surface area contributed by atoms with Gasteiger partial charge < -0.3 is 15.3 Å². The predicted molar refractivity (Wildman–Crippen MR) is 126 cm³/mol. The van der Waals surface area contributed by atoms with Crippen LogP contribution in [0.1, 0.15) is 12.0 Å². The summed E-state index contributed by atoms with van der Waals surface area (Å²) in [5.41, 5.74) is 1.26. The number of carbonyl (C=O) groups excluding carboxylic acids is 1. The van der Waals surface area contributed by atoms with Crippen molar-refractivity contribution < 1.29 is 9.90 Å². The number of aliphatic hydroxyl groups is 1. The van der Waals surface area contributed by atoms with Crippen molar-refractivity contribution in [2.45, 2.75) is 12.0 Å². The van der Waals surface area contributed by atoms with E-state index in [1.54, 1.807) is 48.1 Å². The van der Waals surface area contributed by atoms with Crippen LogP contribution in [0.3, 0.4) is 0 Å². The predicted octanol–water partition coefficient (Wildman–Crippen LogP) is 3.45. The number of hydrogen-bond acceptors (Lipinski definition) is 8. The highest BCUT2D eigenvalue weighted by molar-refractivity contribution is 7.13. The van der Waals surface area contributed by atoms with E-state index in [1.807, 2.05) is 23.6 Å². The second-order valence-electron chi connectivity index (χ2n) is 7.82. The third-order valence-corrected chi connectivity index (χ3v) is 6.83. The molecule has 2 N–H and O–H groups in total. The molecule has 1 saturated heterocycles. The molecule has 1 unspecified atom stereocenters. The number of hydrogen-bond donors (Lipinski definition) is 2. The summed E-state index contributed by atoms with van der Waals surface area (Å²) >= 11 is 7.50. The Kier molecular flexibility index (Phi) is 5.35. The summed E-state index contributed by atoms with van der Waals surface area (Å²) in [5.74, 6) is 0.639. The molecular formula is C22H20ClN7O2S. The maximum Gasteiger partial charge on any atom is 0.258 e. The Morgan fingerprint density at radius 2 is 2.03 bits per heavy atom. The molecule has 1 fully saturated rings. The van der Waals surface area contributed by atoms with Crippen LogP contribution in [0.25, 0.3) is 22.0 Å². The molecule has 33 heavy (non-hydrogen) atoms. The first kappa shape index (κ1) is 21.5. The van der Waals surface area contributed by atoms with Crippen LogP contribution in [0.2, 0.25) is 5.15 Å². The van der Waals surface area contributed by atoms with Gasteiger partial charge in [-0.15, -0.1) is 11.3 Å². The fraction of sp³-hybridized carbons (Fsp3) is 0.227. The summed E-state index contributed by atoms with van der Waals surface area (Å²) in [6.07, 6.45) is 2.01. The molecule has 168 valence electrons. The number of nitrogens with one attached hydrogen (secondary N) is 1. The van der Waals surface area contributed by atoms with Crippen LogP contribution < -0.4 is 5.32 Å². The zero-order valence-electron chi connectivity index (χ0n) is 17.9. The molecule has 1 amide bonds. The minimum Gasteiger partial charge on any atom is -0.375 e. The molecule has 1 aliphatic rings. The molecule has 11 heteroatoms. The van der Waals surface area contributed by atoms with Gasteiger partial charge in [-0.05, 0) is 17.7 Å². The average molecular weight is 482 g/mol. The average Bonchev–Trinajstić information content (AvgIpc) is 3.50. The van der Waals surface area contributed by atoms with Crippen LogP contribution in [-0.4, -0.2) is 54.2 Å². The molecule has 5 rings (SSSR count). The molecule has 4 heterocycles. The Labute approximate surface area is 198 Å². The van der Waals surface area contributed by atoms with Gasteiger partial charge in [0.25, 0.3) is 5.91 Å². The summed E-state index contributed by atoms with van der Waals surface area (Å²) in [5, 5.41) is 21.4. The summed E-state index contributed by atoms with van der Waals surface area (Å²) < 4.78 is 1.54. The molecule has 9 nitrogen and oxygen atoms in total. The van der Waals surface area contributed by atoms with E-state index in [4.69, 9.17) is 16.6 Å². The molecular weight excluding hydrogens is 462 g/mol. The van der Waals surface area contributed by atoms with Crippen molar-refractivity contribution in [3.05, 3.63) is 58.7 Å². The fourth-order valence-electron chi connectivity index (χ4n) is 3.74. The Morgan fingerprint density at radius 3 is 2.76 bits per heavy atom. The van der Waals surface area contributed by atoms with Gasteiger partial charge in [0, 0.05) is 50.3 Å². The van der Waals surface area contributed by atoms with Gasteiger partial charge in [0.15, 0.2) is 11.4 Å². The number of aryl methyl sites for hydroxylation is 1. The Hall–Kier alpha value is -3.34. The quantitative estimate of drug-likeness (QED) is 0.449. The Balaban J connectivity index is 1.41. The van der Waals surface area contributed by atoms with Crippen LogP contribution in [-0.2, 0) is 17.4 Å². The lowest BCUT2D eigenvalue weighted by molar-refractivity contribution is -0.143. The van der Waals surface area contributed by atoms with Gasteiger partial charge in [-0.3, -0.25) is 9.48 Å². The first-order valence-corrected chi connectivity index (χ1v) is 11.4. The molecule has 4 aromatic rings. The number of halogens is 1. The van der Waals surface area contributed by atoms with Crippen molar-refractivity contribution in [1.29, 1.82) is 0 Å². The van der Waals surface area contributed by atoms with Crippen molar-refractivity contribution >= 4 is 40.6 Å². The van der Waals surface area contributed by atoms with Gasteiger partial charge >= 0.3 is 0 Å². The van der Waals surface area contributed by atoms with Gasteiger partial charge in [0.2, 0.25) is 5.95 Å². The number of amides is 1. The lowest BCUT2D eigenvalue weighted by Crippen LogP contribution is -2.36. The highest BCUT2D eigenvalue weighted by Crippen LogP contribution is 2.36. The molecule has 0 saturated carbocycles. The topological polar surface area (TPSA) is 109 Å². The number of anilines is 2. The number of likely N-dealkylation sites (N-methyl/N-ethyl adjacent to an activating group) is 1. The second kappa shape index (κ2) is 8.22. The maximum absolute atomic E-state index is 12.5. The molecule has 1 atom stereocenters. The first-order valence-electron chi connectivity index (χ1n) is 10.2. The van der Waals surface area contributed by atoms with Crippen LogP contribution in [0.5, 0.6) is 0 Å².